The molecule has 0 amide bonds. The van der Waals surface area contributed by atoms with E-state index in [0.717, 1.165) is 18.4 Å². The Morgan fingerprint density at radius 2 is 2.00 bits per heavy atom. The van der Waals surface area contributed by atoms with Crippen LogP contribution < -0.4 is 10.5 Å². The molecule has 1 aromatic rings. The minimum atomic E-state index is -3.45. The SMILES string of the molecule is CC(CS(=O)(=O)NC(C(=N)N)C1CC1)c1ccccc1. The van der Waals surface area contributed by atoms with E-state index in [9.17, 15) is 8.42 Å². The Labute approximate surface area is 120 Å². The summed E-state index contributed by atoms with van der Waals surface area (Å²) in [5.41, 5.74) is 6.47. The lowest BCUT2D eigenvalue weighted by Gasteiger charge is -2.19. The lowest BCUT2D eigenvalue weighted by Crippen LogP contribution is -2.46. The van der Waals surface area contributed by atoms with Crippen LogP contribution in [0.1, 0.15) is 31.2 Å². The van der Waals surface area contributed by atoms with Crippen LogP contribution in [0, 0.1) is 11.3 Å². The summed E-state index contributed by atoms with van der Waals surface area (Å²) in [6.45, 7) is 1.88. The Balaban J connectivity index is 2.01. The normalized spacial score (nSPS) is 18.4. The summed E-state index contributed by atoms with van der Waals surface area (Å²) in [6.07, 6.45) is 1.86. The highest BCUT2D eigenvalue weighted by molar-refractivity contribution is 7.89. The molecule has 1 aromatic carbocycles. The van der Waals surface area contributed by atoms with Crippen LogP contribution in [0.5, 0.6) is 0 Å². The molecule has 5 nitrogen and oxygen atoms in total. The van der Waals surface area contributed by atoms with Gasteiger partial charge in [-0.2, -0.15) is 0 Å². The van der Waals surface area contributed by atoms with Crippen LogP contribution in [0.3, 0.4) is 0 Å². The molecule has 0 saturated heterocycles. The highest BCUT2D eigenvalue weighted by Crippen LogP contribution is 2.33. The standard InChI is InChI=1S/C14H21N3O2S/c1-10(11-5-3-2-4-6-11)9-20(18,19)17-13(14(15)16)12-7-8-12/h2-6,10,12-13,17H,7-9H2,1H3,(H3,15,16). The van der Waals surface area contributed by atoms with Crippen LogP contribution in [0.15, 0.2) is 30.3 Å². The van der Waals surface area contributed by atoms with Gasteiger partial charge in [0, 0.05) is 0 Å². The van der Waals surface area contributed by atoms with Crippen LogP contribution in [0.25, 0.3) is 0 Å². The molecule has 1 aliphatic rings. The number of rotatable bonds is 7. The Hall–Kier alpha value is -1.40. The van der Waals surface area contributed by atoms with Gasteiger partial charge in [-0.15, -0.1) is 0 Å². The lowest BCUT2D eigenvalue weighted by atomic mass is 10.0. The van der Waals surface area contributed by atoms with Gasteiger partial charge < -0.3 is 5.73 Å². The van der Waals surface area contributed by atoms with Crippen molar-refractivity contribution in [1.29, 1.82) is 5.41 Å². The predicted molar refractivity (Wildman–Crippen MR) is 80.2 cm³/mol. The van der Waals surface area contributed by atoms with Crippen molar-refractivity contribution in [1.82, 2.24) is 4.72 Å². The van der Waals surface area contributed by atoms with Crippen LogP contribution in [-0.2, 0) is 10.0 Å². The lowest BCUT2D eigenvalue weighted by molar-refractivity contribution is 0.558. The van der Waals surface area contributed by atoms with Gasteiger partial charge >= 0.3 is 0 Å². The minimum Gasteiger partial charge on any atom is -0.386 e. The zero-order chi connectivity index (χ0) is 14.8. The van der Waals surface area contributed by atoms with Gasteiger partial charge in [0.2, 0.25) is 10.0 Å². The topological polar surface area (TPSA) is 96.0 Å². The summed E-state index contributed by atoms with van der Waals surface area (Å²) < 4.78 is 27.0. The van der Waals surface area contributed by atoms with Crippen molar-refractivity contribution in [2.75, 3.05) is 5.75 Å². The highest BCUT2D eigenvalue weighted by atomic mass is 32.2. The molecule has 4 N–H and O–H groups in total. The van der Waals surface area contributed by atoms with Crippen molar-refractivity contribution in [3.63, 3.8) is 0 Å². The largest absolute Gasteiger partial charge is 0.386 e. The number of sulfonamides is 1. The molecule has 0 aliphatic heterocycles. The Morgan fingerprint density at radius 1 is 1.40 bits per heavy atom. The predicted octanol–water partition coefficient (Wildman–Crippen LogP) is 1.42. The van der Waals surface area contributed by atoms with E-state index in [1.54, 1.807) is 0 Å². The second-order valence-corrected chi connectivity index (χ2v) is 7.28. The van der Waals surface area contributed by atoms with E-state index < -0.39 is 16.1 Å². The Kier molecular flexibility index (Phi) is 4.45. The summed E-state index contributed by atoms with van der Waals surface area (Å²) in [6, 6.07) is 9.00. The maximum atomic E-state index is 12.2. The summed E-state index contributed by atoms with van der Waals surface area (Å²) in [7, 11) is -3.45. The van der Waals surface area contributed by atoms with Crippen molar-refractivity contribution < 1.29 is 8.42 Å². The number of nitrogens with one attached hydrogen (secondary N) is 2. The van der Waals surface area contributed by atoms with E-state index in [1.165, 1.54) is 0 Å². The van der Waals surface area contributed by atoms with Crippen LogP contribution in [0.4, 0.5) is 0 Å². The summed E-state index contributed by atoms with van der Waals surface area (Å²) in [5.74, 6) is 0.00584. The molecule has 0 spiro atoms. The number of nitrogens with two attached hydrogens (primary N) is 1. The first-order valence-electron chi connectivity index (χ1n) is 6.78. The molecule has 0 radical (unpaired) electrons. The van der Waals surface area contributed by atoms with Gasteiger partial charge in [-0.05, 0) is 30.2 Å². The third-order valence-electron chi connectivity index (χ3n) is 3.57. The molecule has 6 heteroatoms. The summed E-state index contributed by atoms with van der Waals surface area (Å²) in [4.78, 5) is 0. The average Bonchev–Trinajstić information content (AvgIpc) is 3.20. The van der Waals surface area contributed by atoms with Crippen LogP contribution in [0.2, 0.25) is 0 Å². The van der Waals surface area contributed by atoms with E-state index in [2.05, 4.69) is 4.72 Å². The van der Waals surface area contributed by atoms with Gasteiger partial charge in [-0.25, -0.2) is 13.1 Å². The fraction of sp³-hybridized carbons (Fsp3) is 0.500. The van der Waals surface area contributed by atoms with Gasteiger partial charge in [-0.1, -0.05) is 37.3 Å². The zero-order valence-corrected chi connectivity index (χ0v) is 12.4. The van der Waals surface area contributed by atoms with E-state index >= 15 is 0 Å². The molecule has 2 rings (SSSR count). The highest BCUT2D eigenvalue weighted by Gasteiger charge is 2.36. The van der Waals surface area contributed by atoms with Gasteiger partial charge in [0.15, 0.2) is 0 Å². The van der Waals surface area contributed by atoms with Crippen LogP contribution in [-0.4, -0.2) is 26.0 Å². The molecule has 1 aliphatic carbocycles. The average molecular weight is 295 g/mol. The molecule has 20 heavy (non-hydrogen) atoms. The molecule has 0 heterocycles. The molecule has 2 atom stereocenters. The van der Waals surface area contributed by atoms with Gasteiger partial charge in [0.1, 0.15) is 5.84 Å². The molecule has 1 fully saturated rings. The first-order valence-corrected chi connectivity index (χ1v) is 8.43. The molecule has 1 saturated carbocycles. The number of amidine groups is 1. The van der Waals surface area contributed by atoms with Crippen molar-refractivity contribution in [2.24, 2.45) is 11.7 Å². The number of hydrogen-bond acceptors (Lipinski definition) is 3. The zero-order valence-electron chi connectivity index (χ0n) is 11.5. The second kappa shape index (κ2) is 5.93. The maximum Gasteiger partial charge on any atom is 0.212 e. The summed E-state index contributed by atoms with van der Waals surface area (Å²) in [5, 5.41) is 7.50. The molecule has 0 aromatic heterocycles. The van der Waals surface area contributed by atoms with Crippen LogP contribution >= 0.6 is 0 Å². The fourth-order valence-electron chi connectivity index (χ4n) is 2.29. The molecular weight excluding hydrogens is 274 g/mol. The smallest absolute Gasteiger partial charge is 0.212 e. The van der Waals surface area contributed by atoms with E-state index in [4.69, 9.17) is 11.1 Å². The fourth-order valence-corrected chi connectivity index (χ4v) is 3.94. The Morgan fingerprint density at radius 3 is 2.50 bits per heavy atom. The van der Waals surface area contributed by atoms with Gasteiger partial charge in [0.25, 0.3) is 0 Å². The van der Waals surface area contributed by atoms with Crippen molar-refractivity contribution >= 4 is 15.9 Å². The van der Waals surface area contributed by atoms with Crippen molar-refractivity contribution in [3.05, 3.63) is 35.9 Å². The minimum absolute atomic E-state index is 0.00745. The third kappa shape index (κ3) is 4.05. The molecule has 2 unspecified atom stereocenters. The third-order valence-corrected chi connectivity index (χ3v) is 5.12. The number of hydrogen-bond donors (Lipinski definition) is 3. The summed E-state index contributed by atoms with van der Waals surface area (Å²) >= 11 is 0. The van der Waals surface area contributed by atoms with Gasteiger partial charge in [0.05, 0.1) is 11.8 Å². The van der Waals surface area contributed by atoms with Crippen molar-refractivity contribution in [3.8, 4) is 0 Å². The molecule has 110 valence electrons. The Bertz CT molecular complexity index is 567. The second-order valence-electron chi connectivity index (χ2n) is 5.48. The first-order chi connectivity index (χ1) is 9.39. The molecular formula is C14H21N3O2S. The quantitative estimate of drug-likeness (QED) is 0.524. The molecule has 0 bridgehead atoms. The monoisotopic (exact) mass is 295 g/mol. The van der Waals surface area contributed by atoms with Crippen molar-refractivity contribution in [2.45, 2.75) is 31.7 Å². The maximum absolute atomic E-state index is 12.2. The first kappa shape index (κ1) is 15.0. The van der Waals surface area contributed by atoms with E-state index in [1.807, 2.05) is 37.3 Å². The number of benzene rings is 1. The van der Waals surface area contributed by atoms with E-state index in [0.29, 0.717) is 0 Å². The van der Waals surface area contributed by atoms with E-state index in [-0.39, 0.29) is 23.4 Å². The van der Waals surface area contributed by atoms with Gasteiger partial charge in [-0.3, -0.25) is 5.41 Å².